The van der Waals surface area contributed by atoms with E-state index < -0.39 is 6.03 Å². The van der Waals surface area contributed by atoms with E-state index in [1.165, 1.54) is 49.6 Å². The van der Waals surface area contributed by atoms with Crippen LogP contribution in [0.4, 0.5) is 10.5 Å². The molecule has 1 unspecified atom stereocenters. The number of carbonyl (C=O) groups is 2. The van der Waals surface area contributed by atoms with Crippen LogP contribution in [-0.2, 0) is 4.79 Å². The average Bonchev–Trinajstić information content (AvgIpc) is 2.80. The fourth-order valence-corrected chi connectivity index (χ4v) is 4.76. The zero-order valence-electron chi connectivity index (χ0n) is 15.3. The number of amidine groups is 1. The van der Waals surface area contributed by atoms with Gasteiger partial charge in [-0.05, 0) is 31.4 Å². The number of thioether (sulfide) groups is 1. The Morgan fingerprint density at radius 2 is 1.82 bits per heavy atom. The number of hydrogen-bond donors (Lipinski definition) is 3. The van der Waals surface area contributed by atoms with Crippen molar-refractivity contribution in [2.75, 3.05) is 11.9 Å². The van der Waals surface area contributed by atoms with Gasteiger partial charge in [0.05, 0.1) is 5.25 Å². The molecule has 2 aliphatic rings. The molecule has 0 aromatic carbocycles. The monoisotopic (exact) mass is 443 g/mol. The molecular formula is C18H23Cl2N5O2S. The van der Waals surface area contributed by atoms with Gasteiger partial charge >= 0.3 is 6.03 Å². The van der Waals surface area contributed by atoms with Gasteiger partial charge in [-0.25, -0.2) is 9.78 Å². The van der Waals surface area contributed by atoms with E-state index in [-0.39, 0.29) is 21.5 Å². The molecule has 3 amide bonds. The zero-order valence-corrected chi connectivity index (χ0v) is 17.7. The highest BCUT2D eigenvalue weighted by molar-refractivity contribution is 8.15. The van der Waals surface area contributed by atoms with Crippen molar-refractivity contribution in [3.63, 3.8) is 0 Å². The zero-order chi connectivity index (χ0) is 19.9. The standard InChI is InChI=1S/C18H23Cl2N5O2S/c19-14-9-12(10-15(20)24-14)22-17(27)21-8-7-13-16(26)25-18(28-13)23-11-5-3-1-2-4-6-11/h9-11,13H,1-8H2,(H,23,25,26)(H2,21,22,24,27). The number of amides is 3. The highest BCUT2D eigenvalue weighted by atomic mass is 35.5. The SMILES string of the molecule is O=C(NCCC1SC(NC2CCCCCC2)=NC1=O)Nc1cc(Cl)nc(Cl)c1. The number of aliphatic imine (C=N–C) groups is 1. The lowest BCUT2D eigenvalue weighted by molar-refractivity contribution is -0.117. The molecule has 3 rings (SSSR count). The summed E-state index contributed by atoms with van der Waals surface area (Å²) in [6.07, 6.45) is 7.77. The summed E-state index contributed by atoms with van der Waals surface area (Å²) < 4.78 is 0. The molecule has 0 spiro atoms. The largest absolute Gasteiger partial charge is 0.362 e. The Morgan fingerprint density at radius 1 is 1.14 bits per heavy atom. The molecule has 0 saturated heterocycles. The number of pyridine rings is 1. The Kier molecular flexibility index (Phi) is 7.82. The molecule has 1 fully saturated rings. The first-order valence-corrected chi connectivity index (χ1v) is 11.1. The number of urea groups is 1. The van der Waals surface area contributed by atoms with Gasteiger partial charge in [0.1, 0.15) is 10.3 Å². The van der Waals surface area contributed by atoms with Crippen LogP contribution in [0.15, 0.2) is 17.1 Å². The van der Waals surface area contributed by atoms with E-state index in [0.29, 0.717) is 29.9 Å². The van der Waals surface area contributed by atoms with E-state index in [1.807, 2.05) is 0 Å². The average molecular weight is 444 g/mol. The maximum absolute atomic E-state index is 12.1. The molecule has 1 aromatic rings. The van der Waals surface area contributed by atoms with Crippen molar-refractivity contribution in [3.05, 3.63) is 22.4 Å². The molecule has 10 heteroatoms. The third-order valence-electron chi connectivity index (χ3n) is 4.64. The minimum absolute atomic E-state index is 0.143. The molecule has 1 aliphatic heterocycles. The summed E-state index contributed by atoms with van der Waals surface area (Å²) in [7, 11) is 0. The summed E-state index contributed by atoms with van der Waals surface area (Å²) in [6.45, 7) is 0.355. The second-order valence-electron chi connectivity index (χ2n) is 6.87. The summed E-state index contributed by atoms with van der Waals surface area (Å²) in [5, 5.41) is 9.63. The second kappa shape index (κ2) is 10.3. The van der Waals surface area contributed by atoms with Gasteiger partial charge in [0.25, 0.3) is 5.91 Å². The molecule has 1 aliphatic carbocycles. The van der Waals surface area contributed by atoms with Gasteiger partial charge in [-0.3, -0.25) is 4.79 Å². The molecule has 0 bridgehead atoms. The van der Waals surface area contributed by atoms with E-state index in [1.54, 1.807) is 0 Å². The summed E-state index contributed by atoms with van der Waals surface area (Å²) in [5.41, 5.74) is 0.451. The first-order chi connectivity index (χ1) is 13.5. The fraction of sp³-hybridized carbons (Fsp3) is 0.556. The first kappa shape index (κ1) is 21.2. The van der Waals surface area contributed by atoms with Crippen molar-refractivity contribution in [1.82, 2.24) is 15.6 Å². The van der Waals surface area contributed by atoms with Gasteiger partial charge in [-0.1, -0.05) is 60.6 Å². The van der Waals surface area contributed by atoms with Gasteiger partial charge in [0, 0.05) is 18.3 Å². The van der Waals surface area contributed by atoms with Crippen LogP contribution in [0, 0.1) is 0 Å². The smallest absolute Gasteiger partial charge is 0.319 e. The molecular weight excluding hydrogens is 421 g/mol. The molecule has 152 valence electrons. The van der Waals surface area contributed by atoms with Crippen LogP contribution >= 0.6 is 35.0 Å². The maximum atomic E-state index is 12.1. The summed E-state index contributed by atoms with van der Waals surface area (Å²) in [4.78, 5) is 32.1. The summed E-state index contributed by atoms with van der Waals surface area (Å²) in [6, 6.07) is 3.01. The lowest BCUT2D eigenvalue weighted by Gasteiger charge is -2.17. The first-order valence-electron chi connectivity index (χ1n) is 9.43. The summed E-state index contributed by atoms with van der Waals surface area (Å²) >= 11 is 13.1. The quantitative estimate of drug-likeness (QED) is 0.467. The molecule has 1 atom stereocenters. The van der Waals surface area contributed by atoms with E-state index in [4.69, 9.17) is 23.2 Å². The fourth-order valence-electron chi connectivity index (χ4n) is 3.26. The normalized spacial score (nSPS) is 20.4. The third-order valence-corrected chi connectivity index (χ3v) is 6.18. The van der Waals surface area contributed by atoms with Crippen LogP contribution < -0.4 is 16.0 Å². The lowest BCUT2D eigenvalue weighted by atomic mass is 10.1. The number of halogens is 2. The second-order valence-corrected chi connectivity index (χ2v) is 8.83. The predicted molar refractivity (Wildman–Crippen MR) is 114 cm³/mol. The molecule has 3 N–H and O–H groups in total. The Morgan fingerprint density at radius 3 is 2.50 bits per heavy atom. The predicted octanol–water partition coefficient (Wildman–Crippen LogP) is 4.21. The molecule has 28 heavy (non-hydrogen) atoms. The molecule has 7 nitrogen and oxygen atoms in total. The third kappa shape index (κ3) is 6.53. The number of rotatable bonds is 5. The van der Waals surface area contributed by atoms with E-state index >= 15 is 0 Å². The van der Waals surface area contributed by atoms with Crippen LogP contribution in [0.1, 0.15) is 44.9 Å². The number of nitrogens with zero attached hydrogens (tertiary/aromatic N) is 2. The maximum Gasteiger partial charge on any atom is 0.319 e. The highest BCUT2D eigenvalue weighted by Gasteiger charge is 2.29. The van der Waals surface area contributed by atoms with E-state index in [0.717, 1.165) is 12.8 Å². The van der Waals surface area contributed by atoms with Crippen molar-refractivity contribution in [1.29, 1.82) is 0 Å². The topological polar surface area (TPSA) is 95.5 Å². The van der Waals surface area contributed by atoms with E-state index in [2.05, 4.69) is 25.9 Å². The Bertz CT molecular complexity index is 733. The minimum atomic E-state index is -0.397. The van der Waals surface area contributed by atoms with Crippen molar-refractivity contribution < 1.29 is 9.59 Å². The van der Waals surface area contributed by atoms with Gasteiger partial charge in [-0.15, -0.1) is 0 Å². The number of anilines is 1. The van der Waals surface area contributed by atoms with Gasteiger partial charge < -0.3 is 16.0 Å². The number of nitrogens with one attached hydrogen (secondary N) is 3. The Balaban J connectivity index is 1.39. The van der Waals surface area contributed by atoms with Crippen molar-refractivity contribution in [3.8, 4) is 0 Å². The minimum Gasteiger partial charge on any atom is -0.362 e. The molecule has 1 aromatic heterocycles. The highest BCUT2D eigenvalue weighted by Crippen LogP contribution is 2.26. The van der Waals surface area contributed by atoms with E-state index in [9.17, 15) is 9.59 Å². The van der Waals surface area contributed by atoms with Crippen LogP contribution in [0.2, 0.25) is 10.3 Å². The molecule has 1 saturated carbocycles. The Labute approximate surface area is 178 Å². The van der Waals surface area contributed by atoms with Gasteiger partial charge in [0.2, 0.25) is 0 Å². The van der Waals surface area contributed by atoms with Crippen LogP contribution in [0.5, 0.6) is 0 Å². The number of aromatic nitrogens is 1. The van der Waals surface area contributed by atoms with Crippen molar-refractivity contribution >= 4 is 57.8 Å². The van der Waals surface area contributed by atoms with Crippen molar-refractivity contribution in [2.45, 2.75) is 56.2 Å². The molecule has 0 radical (unpaired) electrons. The van der Waals surface area contributed by atoms with Crippen molar-refractivity contribution in [2.24, 2.45) is 4.99 Å². The Hall–Kier alpha value is -1.51. The van der Waals surface area contributed by atoms with Crippen LogP contribution in [0.3, 0.4) is 0 Å². The van der Waals surface area contributed by atoms with Gasteiger partial charge in [-0.2, -0.15) is 4.99 Å². The number of hydrogen-bond acceptors (Lipinski definition) is 5. The summed E-state index contributed by atoms with van der Waals surface area (Å²) in [5.74, 6) is -0.143. The number of carbonyl (C=O) groups excluding carboxylic acids is 2. The van der Waals surface area contributed by atoms with Gasteiger partial charge in [0.15, 0.2) is 5.17 Å². The molecule has 2 heterocycles. The van der Waals surface area contributed by atoms with Crippen LogP contribution in [0.25, 0.3) is 0 Å². The lowest BCUT2D eigenvalue weighted by Crippen LogP contribution is -2.33. The van der Waals surface area contributed by atoms with Crippen LogP contribution in [-0.4, -0.2) is 39.9 Å².